The molecule has 12 atom stereocenters. The molecule has 0 spiro atoms. The van der Waals surface area contributed by atoms with Crippen LogP contribution in [0.5, 0.6) is 0 Å². The molecule has 0 aromatic rings. The second kappa shape index (κ2) is 2.13. The highest BCUT2D eigenvalue weighted by Gasteiger charge is 2.84. The normalized spacial score (nSPS) is 83.3. The first-order valence-corrected chi connectivity index (χ1v) is 8.17. The molecule has 7 fully saturated rings. The van der Waals surface area contributed by atoms with Crippen molar-refractivity contribution in [1.82, 2.24) is 5.32 Å². The third-order valence-corrected chi connectivity index (χ3v) is 9.11. The van der Waals surface area contributed by atoms with Gasteiger partial charge in [-0.3, -0.25) is 0 Å². The van der Waals surface area contributed by atoms with E-state index < -0.39 is 0 Å². The van der Waals surface area contributed by atoms with Crippen molar-refractivity contribution >= 4 is 0 Å². The van der Waals surface area contributed by atoms with Gasteiger partial charge in [0.25, 0.3) is 0 Å². The summed E-state index contributed by atoms with van der Waals surface area (Å²) in [6.45, 7) is 2.79. The van der Waals surface area contributed by atoms with E-state index in [4.69, 9.17) is 0 Å². The summed E-state index contributed by atoms with van der Waals surface area (Å²) in [7, 11) is 0. The summed E-state index contributed by atoms with van der Waals surface area (Å²) in [5, 5.41) is 3.76. The number of fused-ring (bicyclic) bond motifs is 3. The predicted octanol–water partition coefficient (Wildman–Crippen LogP) is 1.85. The van der Waals surface area contributed by atoms with Gasteiger partial charge in [0, 0.05) is 0 Å². The van der Waals surface area contributed by atoms with Crippen LogP contribution in [-0.2, 0) is 0 Å². The van der Waals surface area contributed by atoms with E-state index in [2.05, 4.69) is 5.32 Å². The molecule has 0 amide bonds. The van der Waals surface area contributed by atoms with Crippen molar-refractivity contribution in [2.75, 3.05) is 13.1 Å². The van der Waals surface area contributed by atoms with Gasteiger partial charge >= 0.3 is 0 Å². The summed E-state index contributed by atoms with van der Waals surface area (Å²) < 4.78 is 0. The standard InChI is InChI=1S/C16H21N/c1-2-6-10-9-5(1)11-12(6)16-14(10)8-4-17-3-7(8)13(9)15(11)16/h5-17H,1-4H2/t5-,6+,7+,8-,9-,10+,11-,12+,13-,14+,15+,16-. The molecule has 6 aliphatic carbocycles. The van der Waals surface area contributed by atoms with E-state index in [0.29, 0.717) is 0 Å². The van der Waals surface area contributed by atoms with Crippen LogP contribution in [0.25, 0.3) is 0 Å². The molecule has 1 aliphatic heterocycles. The molecule has 90 valence electrons. The lowest BCUT2D eigenvalue weighted by molar-refractivity contribution is -0.127. The number of hydrogen-bond donors (Lipinski definition) is 1. The van der Waals surface area contributed by atoms with Crippen molar-refractivity contribution in [3.05, 3.63) is 0 Å². The summed E-state index contributed by atoms with van der Waals surface area (Å²) in [6.07, 6.45) is 3.29. The van der Waals surface area contributed by atoms with Crippen LogP contribution in [0.15, 0.2) is 0 Å². The third-order valence-electron chi connectivity index (χ3n) is 9.11. The Morgan fingerprint density at radius 2 is 0.882 bits per heavy atom. The van der Waals surface area contributed by atoms with E-state index in [1.54, 1.807) is 12.8 Å². The van der Waals surface area contributed by atoms with Gasteiger partial charge in [-0.15, -0.1) is 0 Å². The van der Waals surface area contributed by atoms with Crippen LogP contribution >= 0.6 is 0 Å². The molecule has 1 heterocycles. The molecule has 0 radical (unpaired) electrons. The molecule has 1 saturated heterocycles. The average molecular weight is 227 g/mol. The van der Waals surface area contributed by atoms with Crippen molar-refractivity contribution in [2.24, 2.45) is 71.0 Å². The minimum Gasteiger partial charge on any atom is -0.316 e. The van der Waals surface area contributed by atoms with Gasteiger partial charge in [-0.1, -0.05) is 0 Å². The highest BCUT2D eigenvalue weighted by atomic mass is 15.0. The van der Waals surface area contributed by atoms with E-state index in [0.717, 1.165) is 11.8 Å². The Labute approximate surface area is 103 Å². The molecule has 7 aliphatic rings. The maximum absolute atomic E-state index is 3.76. The van der Waals surface area contributed by atoms with Crippen molar-refractivity contribution in [3.8, 4) is 0 Å². The lowest BCUT2D eigenvalue weighted by Crippen LogP contribution is -2.57. The van der Waals surface area contributed by atoms with E-state index in [-0.39, 0.29) is 0 Å². The summed E-state index contributed by atoms with van der Waals surface area (Å²) in [5.41, 5.74) is 0. The zero-order chi connectivity index (χ0) is 10.5. The molecule has 0 aromatic heterocycles. The number of nitrogens with one attached hydrogen (secondary N) is 1. The Kier molecular flexibility index (Phi) is 1.03. The van der Waals surface area contributed by atoms with E-state index in [1.807, 2.05) is 0 Å². The SMILES string of the molecule is C1C[C@H]2[C@H]3[C@H]4[C@@H]1[C@@H]1[C@H]2[C@@H]2[C@H]3[C@@H]3CNC[C@@H]3[C@H]4[C@H]12. The molecule has 1 N–H and O–H groups in total. The Morgan fingerprint density at radius 3 is 1.41 bits per heavy atom. The topological polar surface area (TPSA) is 12.0 Å². The Balaban J connectivity index is 1.54. The van der Waals surface area contributed by atoms with Gasteiger partial charge in [-0.25, -0.2) is 0 Å². The van der Waals surface area contributed by atoms with Crippen molar-refractivity contribution < 1.29 is 0 Å². The van der Waals surface area contributed by atoms with E-state index in [9.17, 15) is 0 Å². The van der Waals surface area contributed by atoms with Gasteiger partial charge < -0.3 is 5.32 Å². The van der Waals surface area contributed by atoms with Crippen LogP contribution in [-0.4, -0.2) is 13.1 Å². The van der Waals surface area contributed by atoms with Gasteiger partial charge in [0.05, 0.1) is 0 Å². The summed E-state index contributed by atoms with van der Waals surface area (Å²) in [4.78, 5) is 0. The van der Waals surface area contributed by atoms with Crippen molar-refractivity contribution in [2.45, 2.75) is 12.8 Å². The lowest BCUT2D eigenvalue weighted by Gasteiger charge is -2.60. The first-order chi connectivity index (χ1) is 8.47. The largest absolute Gasteiger partial charge is 0.316 e. The molecule has 17 heavy (non-hydrogen) atoms. The maximum atomic E-state index is 3.76. The average Bonchev–Trinajstić information content (AvgIpc) is 2.92. The molecule has 1 nitrogen and oxygen atoms in total. The van der Waals surface area contributed by atoms with Crippen LogP contribution in [0, 0.1) is 71.0 Å². The van der Waals surface area contributed by atoms with E-state index >= 15 is 0 Å². The first kappa shape index (κ1) is 8.19. The lowest BCUT2D eigenvalue weighted by atomic mass is 9.44. The second-order valence-electron chi connectivity index (χ2n) is 8.51. The predicted molar refractivity (Wildman–Crippen MR) is 64.0 cm³/mol. The van der Waals surface area contributed by atoms with Gasteiger partial charge in [0.15, 0.2) is 0 Å². The number of hydrogen-bond acceptors (Lipinski definition) is 1. The molecule has 1 heteroatoms. The van der Waals surface area contributed by atoms with Gasteiger partial charge in [-0.05, 0) is 96.9 Å². The quantitative estimate of drug-likeness (QED) is 0.666. The fraction of sp³-hybridized carbons (Fsp3) is 1.00. The zero-order valence-corrected chi connectivity index (χ0v) is 10.3. The van der Waals surface area contributed by atoms with Crippen LogP contribution in [0.1, 0.15) is 12.8 Å². The fourth-order valence-electron chi connectivity index (χ4n) is 9.59. The maximum Gasteiger partial charge on any atom is -0.00143 e. The zero-order valence-electron chi connectivity index (χ0n) is 10.3. The Morgan fingerprint density at radius 1 is 0.471 bits per heavy atom. The van der Waals surface area contributed by atoms with Gasteiger partial charge in [-0.2, -0.15) is 0 Å². The van der Waals surface area contributed by atoms with Gasteiger partial charge in [0.1, 0.15) is 0 Å². The summed E-state index contributed by atoms with van der Waals surface area (Å²) in [5.74, 6) is 14.7. The van der Waals surface area contributed by atoms with Crippen LogP contribution < -0.4 is 5.32 Å². The van der Waals surface area contributed by atoms with E-state index in [1.165, 1.54) is 72.3 Å². The third kappa shape index (κ3) is 0.554. The van der Waals surface area contributed by atoms with Crippen LogP contribution in [0.2, 0.25) is 0 Å². The molecular weight excluding hydrogens is 206 g/mol. The first-order valence-electron chi connectivity index (χ1n) is 8.17. The molecule has 7 rings (SSSR count). The second-order valence-corrected chi connectivity index (χ2v) is 8.51. The van der Waals surface area contributed by atoms with Gasteiger partial charge in [0.2, 0.25) is 0 Å². The minimum absolute atomic E-state index is 1.13. The molecular formula is C16H21N. The minimum atomic E-state index is 1.13. The highest BCUT2D eigenvalue weighted by molar-refractivity contribution is 5.32. The molecule has 0 aromatic carbocycles. The van der Waals surface area contributed by atoms with Crippen molar-refractivity contribution in [1.29, 1.82) is 0 Å². The summed E-state index contributed by atoms with van der Waals surface area (Å²) in [6, 6.07) is 0. The summed E-state index contributed by atoms with van der Waals surface area (Å²) >= 11 is 0. The van der Waals surface area contributed by atoms with Crippen LogP contribution in [0.4, 0.5) is 0 Å². The molecule has 2 bridgehead atoms. The molecule has 0 unspecified atom stereocenters. The smallest absolute Gasteiger partial charge is 0.00143 e. The highest BCUT2D eigenvalue weighted by Crippen LogP contribution is 2.87. The molecule has 6 saturated carbocycles. The Hall–Kier alpha value is -0.0400. The monoisotopic (exact) mass is 227 g/mol. The van der Waals surface area contributed by atoms with Crippen molar-refractivity contribution in [3.63, 3.8) is 0 Å². The Bertz CT molecular complexity index is 401. The van der Waals surface area contributed by atoms with Crippen LogP contribution in [0.3, 0.4) is 0 Å². The number of rotatable bonds is 0. The fourth-order valence-corrected chi connectivity index (χ4v) is 9.59.